The molecule has 0 aliphatic heterocycles. The Kier molecular flexibility index (Phi) is 4.61. The fraction of sp³-hybridized carbons (Fsp3) is 0.364. The van der Waals surface area contributed by atoms with E-state index in [9.17, 15) is 20.0 Å². The third-order valence-corrected chi connectivity index (χ3v) is 2.31. The number of aliphatic hydroxyl groups is 1. The van der Waals surface area contributed by atoms with Gasteiger partial charge in [0.25, 0.3) is 0 Å². The van der Waals surface area contributed by atoms with Crippen molar-refractivity contribution in [3.8, 4) is 5.75 Å². The number of ether oxygens (including phenoxy) is 1. The van der Waals surface area contributed by atoms with E-state index >= 15 is 0 Å². The van der Waals surface area contributed by atoms with Crippen LogP contribution in [0, 0.1) is 10.1 Å². The van der Waals surface area contributed by atoms with Gasteiger partial charge in [-0.15, -0.1) is 0 Å². The van der Waals surface area contributed by atoms with Gasteiger partial charge in [0.1, 0.15) is 12.2 Å². The second-order valence-corrected chi connectivity index (χ2v) is 3.59. The van der Waals surface area contributed by atoms with Crippen LogP contribution in [-0.4, -0.2) is 33.8 Å². The number of carboxylic acids is 1. The molecule has 0 saturated carbocycles. The van der Waals surface area contributed by atoms with Crippen molar-refractivity contribution in [2.24, 2.45) is 0 Å². The van der Waals surface area contributed by atoms with Crippen LogP contribution in [0.4, 0.5) is 5.69 Å². The second-order valence-electron chi connectivity index (χ2n) is 3.59. The number of aliphatic hydroxyl groups excluding tert-OH is 1. The molecule has 1 aromatic carbocycles. The molecule has 0 fully saturated rings. The number of carboxylic acid groups (broad SMARTS) is 1. The smallest absolute Gasteiger partial charge is 0.339 e. The molecule has 0 amide bonds. The summed E-state index contributed by atoms with van der Waals surface area (Å²) in [6, 6.07) is 3.63. The van der Waals surface area contributed by atoms with Gasteiger partial charge in [-0.25, -0.2) is 4.79 Å². The minimum Gasteiger partial charge on any atom is -0.483 e. The molecule has 0 saturated heterocycles. The summed E-state index contributed by atoms with van der Waals surface area (Å²) in [6.07, 6.45) is -0.394. The maximum atomic E-state index is 10.9. The number of aromatic carboxylic acids is 1. The minimum absolute atomic E-state index is 0.193. The summed E-state index contributed by atoms with van der Waals surface area (Å²) in [5.41, 5.74) is -0.731. The first-order valence-corrected chi connectivity index (χ1v) is 5.29. The summed E-state index contributed by atoms with van der Waals surface area (Å²) >= 11 is 0. The largest absolute Gasteiger partial charge is 0.483 e. The van der Waals surface area contributed by atoms with Gasteiger partial charge in [-0.2, -0.15) is 0 Å². The van der Waals surface area contributed by atoms with Gasteiger partial charge in [0.2, 0.25) is 5.75 Å². The van der Waals surface area contributed by atoms with Crippen molar-refractivity contribution in [3.05, 3.63) is 33.9 Å². The maximum absolute atomic E-state index is 10.9. The van der Waals surface area contributed by atoms with Gasteiger partial charge in [-0.05, 0) is 12.5 Å². The number of rotatable bonds is 6. The van der Waals surface area contributed by atoms with Gasteiger partial charge < -0.3 is 14.9 Å². The standard InChI is InChI=1S/C11H13NO6/c1-2-7(13)6-18-10-8(11(14)15)4-3-5-9(10)12(16)17/h3-5,7,13H,2,6H2,1H3,(H,14,15). The van der Waals surface area contributed by atoms with E-state index < -0.39 is 22.7 Å². The average molecular weight is 255 g/mol. The third kappa shape index (κ3) is 3.17. The fourth-order valence-corrected chi connectivity index (χ4v) is 1.29. The topological polar surface area (TPSA) is 110 Å². The van der Waals surface area contributed by atoms with Gasteiger partial charge in [0, 0.05) is 6.07 Å². The summed E-state index contributed by atoms with van der Waals surface area (Å²) in [7, 11) is 0. The molecule has 0 aliphatic rings. The van der Waals surface area contributed by atoms with Gasteiger partial charge >= 0.3 is 11.7 Å². The van der Waals surface area contributed by atoms with Crippen LogP contribution in [0.3, 0.4) is 0 Å². The number of nitrogens with zero attached hydrogens (tertiary/aromatic N) is 1. The molecule has 18 heavy (non-hydrogen) atoms. The zero-order valence-corrected chi connectivity index (χ0v) is 9.70. The highest BCUT2D eigenvalue weighted by Crippen LogP contribution is 2.31. The average Bonchev–Trinajstić information content (AvgIpc) is 2.34. The van der Waals surface area contributed by atoms with Crippen LogP contribution < -0.4 is 4.74 Å². The Morgan fingerprint density at radius 3 is 2.72 bits per heavy atom. The van der Waals surface area contributed by atoms with E-state index in [0.29, 0.717) is 6.42 Å². The first-order chi connectivity index (χ1) is 8.47. The summed E-state index contributed by atoms with van der Waals surface area (Å²) in [6.45, 7) is 1.52. The molecule has 1 atom stereocenters. The Bertz CT molecular complexity index is 427. The molecule has 2 N–H and O–H groups in total. The van der Waals surface area contributed by atoms with Gasteiger partial charge in [0.15, 0.2) is 0 Å². The molecule has 0 aromatic heterocycles. The molecule has 1 rings (SSSR count). The number of benzene rings is 1. The number of hydrogen-bond acceptors (Lipinski definition) is 5. The van der Waals surface area contributed by atoms with Crippen LogP contribution in [0.5, 0.6) is 5.75 Å². The first-order valence-electron chi connectivity index (χ1n) is 5.29. The zero-order chi connectivity index (χ0) is 13.7. The van der Waals surface area contributed by atoms with Gasteiger partial charge in [-0.1, -0.05) is 13.0 Å². The molecule has 7 heteroatoms. The molecule has 0 aliphatic carbocycles. The van der Waals surface area contributed by atoms with E-state index in [1.54, 1.807) is 6.92 Å². The van der Waals surface area contributed by atoms with E-state index in [0.717, 1.165) is 6.07 Å². The summed E-state index contributed by atoms with van der Waals surface area (Å²) in [5.74, 6) is -1.65. The Balaban J connectivity index is 3.11. The van der Waals surface area contributed by atoms with Gasteiger partial charge in [0.05, 0.1) is 11.0 Å². The van der Waals surface area contributed by atoms with E-state index in [2.05, 4.69) is 0 Å². The highest BCUT2D eigenvalue weighted by atomic mass is 16.6. The number of nitro benzene ring substituents is 1. The Hall–Kier alpha value is -2.15. The second kappa shape index (κ2) is 5.97. The van der Waals surface area contributed by atoms with E-state index in [-0.39, 0.29) is 17.9 Å². The monoisotopic (exact) mass is 255 g/mol. The quantitative estimate of drug-likeness (QED) is 0.588. The minimum atomic E-state index is -1.32. The first kappa shape index (κ1) is 13.9. The van der Waals surface area contributed by atoms with Gasteiger partial charge in [-0.3, -0.25) is 10.1 Å². The fourth-order valence-electron chi connectivity index (χ4n) is 1.29. The molecular formula is C11H13NO6. The molecule has 0 spiro atoms. The number of carbonyl (C=O) groups is 1. The maximum Gasteiger partial charge on any atom is 0.339 e. The molecule has 0 heterocycles. The Morgan fingerprint density at radius 2 is 2.22 bits per heavy atom. The lowest BCUT2D eigenvalue weighted by Gasteiger charge is -2.12. The van der Waals surface area contributed by atoms with Crippen molar-refractivity contribution in [2.45, 2.75) is 19.4 Å². The molecular weight excluding hydrogens is 242 g/mol. The Morgan fingerprint density at radius 1 is 1.56 bits per heavy atom. The van der Waals surface area contributed by atoms with E-state index in [1.165, 1.54) is 12.1 Å². The van der Waals surface area contributed by atoms with E-state index in [1.807, 2.05) is 0 Å². The number of hydrogen-bond donors (Lipinski definition) is 2. The highest BCUT2D eigenvalue weighted by Gasteiger charge is 2.23. The highest BCUT2D eigenvalue weighted by molar-refractivity contribution is 5.92. The van der Waals surface area contributed by atoms with Crippen LogP contribution in [0.1, 0.15) is 23.7 Å². The predicted octanol–water partition coefficient (Wildman–Crippen LogP) is 1.44. The number of nitro groups is 1. The summed E-state index contributed by atoms with van der Waals surface area (Å²) in [5, 5.41) is 29.0. The van der Waals surface area contributed by atoms with Crippen LogP contribution in [0.25, 0.3) is 0 Å². The normalized spacial score (nSPS) is 11.9. The molecule has 0 bridgehead atoms. The molecule has 7 nitrogen and oxygen atoms in total. The number of para-hydroxylation sites is 1. The van der Waals surface area contributed by atoms with E-state index in [4.69, 9.17) is 9.84 Å². The molecule has 1 aromatic rings. The van der Waals surface area contributed by atoms with Crippen molar-refractivity contribution >= 4 is 11.7 Å². The van der Waals surface area contributed by atoms with Crippen molar-refractivity contribution in [1.29, 1.82) is 0 Å². The van der Waals surface area contributed by atoms with Crippen molar-refractivity contribution in [1.82, 2.24) is 0 Å². The molecule has 0 radical (unpaired) electrons. The molecule has 98 valence electrons. The summed E-state index contributed by atoms with van der Waals surface area (Å²) in [4.78, 5) is 21.0. The zero-order valence-electron chi connectivity index (χ0n) is 9.70. The van der Waals surface area contributed by atoms with Crippen LogP contribution in [0.2, 0.25) is 0 Å². The molecule has 1 unspecified atom stereocenters. The SMILES string of the molecule is CCC(O)COc1c(C(=O)O)cccc1[N+](=O)[O-]. The van der Waals surface area contributed by atoms with Crippen molar-refractivity contribution in [2.75, 3.05) is 6.61 Å². The summed E-state index contributed by atoms with van der Waals surface area (Å²) < 4.78 is 5.07. The third-order valence-electron chi connectivity index (χ3n) is 2.31. The lowest BCUT2D eigenvalue weighted by Crippen LogP contribution is -2.18. The van der Waals surface area contributed by atoms with Crippen LogP contribution in [-0.2, 0) is 0 Å². The Labute approximate surface area is 103 Å². The van der Waals surface area contributed by atoms with Crippen LogP contribution in [0.15, 0.2) is 18.2 Å². The van der Waals surface area contributed by atoms with Crippen molar-refractivity contribution < 1.29 is 24.7 Å². The lowest BCUT2D eigenvalue weighted by atomic mass is 10.1. The lowest BCUT2D eigenvalue weighted by molar-refractivity contribution is -0.386. The van der Waals surface area contributed by atoms with Crippen molar-refractivity contribution in [3.63, 3.8) is 0 Å². The van der Waals surface area contributed by atoms with Crippen LogP contribution >= 0.6 is 0 Å². The predicted molar refractivity (Wildman–Crippen MR) is 61.8 cm³/mol.